The third kappa shape index (κ3) is 4.07. The molecule has 0 spiro atoms. The Morgan fingerprint density at radius 1 is 1.33 bits per heavy atom. The Kier molecular flexibility index (Phi) is 5.14. The van der Waals surface area contributed by atoms with Crippen molar-refractivity contribution in [3.8, 4) is 0 Å². The summed E-state index contributed by atoms with van der Waals surface area (Å²) in [5.74, 6) is -0.179. The topological polar surface area (TPSA) is 21.3 Å². The molecule has 1 aromatic rings. The molecule has 0 bridgehead atoms. The molecule has 1 aliphatic rings. The molecule has 1 heterocycles. The summed E-state index contributed by atoms with van der Waals surface area (Å²) in [6.45, 7) is 3.97. The lowest BCUT2D eigenvalue weighted by atomic mass is 10.1. The molecule has 0 radical (unpaired) electrons. The summed E-state index contributed by atoms with van der Waals surface area (Å²) in [5, 5.41) is 3.46. The van der Waals surface area contributed by atoms with Gasteiger partial charge in [-0.25, -0.2) is 4.39 Å². The fraction of sp³-hybridized carbons (Fsp3) is 0.600. The fourth-order valence-electron chi connectivity index (χ4n) is 2.37. The number of nitrogens with one attached hydrogen (secondary N) is 1. The second-order valence-electron chi connectivity index (χ2n) is 5.00. The summed E-state index contributed by atoms with van der Waals surface area (Å²) in [6.07, 6.45) is 5.17. The van der Waals surface area contributed by atoms with Crippen molar-refractivity contribution < 1.29 is 9.13 Å². The second-order valence-corrected chi connectivity index (χ2v) is 5.00. The van der Waals surface area contributed by atoms with E-state index in [0.29, 0.717) is 6.10 Å². The quantitative estimate of drug-likeness (QED) is 0.865. The first-order valence-electron chi connectivity index (χ1n) is 6.86. The summed E-state index contributed by atoms with van der Waals surface area (Å²) in [5.41, 5.74) is 1.13. The van der Waals surface area contributed by atoms with Gasteiger partial charge in [0.05, 0.1) is 6.10 Å². The summed E-state index contributed by atoms with van der Waals surface area (Å²) < 4.78 is 18.5. The third-order valence-electron chi connectivity index (χ3n) is 3.56. The number of ether oxygens (including phenoxy) is 1. The lowest BCUT2D eigenvalue weighted by Gasteiger charge is -2.23. The highest BCUT2D eigenvalue weighted by molar-refractivity contribution is 5.19. The highest BCUT2D eigenvalue weighted by Gasteiger charge is 2.13. The van der Waals surface area contributed by atoms with Crippen LogP contribution in [-0.4, -0.2) is 19.3 Å². The number of hydrogen-bond acceptors (Lipinski definition) is 2. The first-order chi connectivity index (χ1) is 8.75. The van der Waals surface area contributed by atoms with Crippen LogP contribution >= 0.6 is 0 Å². The maximum absolute atomic E-state index is 12.8. The molecule has 2 rings (SSSR count). The first-order valence-corrected chi connectivity index (χ1v) is 6.86. The summed E-state index contributed by atoms with van der Waals surface area (Å²) in [4.78, 5) is 0. The van der Waals surface area contributed by atoms with E-state index in [2.05, 4.69) is 12.2 Å². The molecule has 100 valence electrons. The van der Waals surface area contributed by atoms with Gasteiger partial charge in [-0.05, 0) is 56.8 Å². The molecular weight excluding hydrogens is 229 g/mol. The zero-order chi connectivity index (χ0) is 12.8. The predicted molar refractivity (Wildman–Crippen MR) is 71.0 cm³/mol. The smallest absolute Gasteiger partial charge is 0.123 e. The molecule has 1 saturated heterocycles. The largest absolute Gasteiger partial charge is 0.378 e. The van der Waals surface area contributed by atoms with E-state index in [-0.39, 0.29) is 11.9 Å². The van der Waals surface area contributed by atoms with Crippen molar-refractivity contribution in [1.82, 2.24) is 5.32 Å². The summed E-state index contributed by atoms with van der Waals surface area (Å²) in [6, 6.07) is 6.96. The van der Waals surface area contributed by atoms with Crippen LogP contribution in [0.3, 0.4) is 0 Å². The van der Waals surface area contributed by atoms with Crippen LogP contribution in [0.2, 0.25) is 0 Å². The predicted octanol–water partition coefficient (Wildman–Crippen LogP) is 3.44. The number of rotatable bonds is 5. The zero-order valence-corrected chi connectivity index (χ0v) is 11.0. The Bertz CT molecular complexity index is 346. The van der Waals surface area contributed by atoms with Gasteiger partial charge in [0.15, 0.2) is 0 Å². The van der Waals surface area contributed by atoms with Crippen LogP contribution in [0.1, 0.15) is 44.2 Å². The number of hydrogen-bond donors (Lipinski definition) is 1. The van der Waals surface area contributed by atoms with Crippen molar-refractivity contribution in [3.05, 3.63) is 35.6 Å². The molecule has 0 amide bonds. The van der Waals surface area contributed by atoms with E-state index < -0.39 is 0 Å². The van der Waals surface area contributed by atoms with Gasteiger partial charge in [-0.3, -0.25) is 0 Å². The minimum absolute atomic E-state index is 0.179. The molecule has 3 heteroatoms. The maximum Gasteiger partial charge on any atom is 0.123 e. The van der Waals surface area contributed by atoms with Gasteiger partial charge in [0.2, 0.25) is 0 Å². The molecule has 0 saturated carbocycles. The van der Waals surface area contributed by atoms with Crippen LogP contribution in [-0.2, 0) is 4.74 Å². The molecule has 1 aliphatic heterocycles. The van der Waals surface area contributed by atoms with E-state index in [9.17, 15) is 4.39 Å². The van der Waals surface area contributed by atoms with Crippen LogP contribution in [0, 0.1) is 5.82 Å². The Hall–Kier alpha value is -0.930. The average molecular weight is 251 g/mol. The van der Waals surface area contributed by atoms with Crippen LogP contribution in [0.15, 0.2) is 24.3 Å². The number of benzene rings is 1. The minimum atomic E-state index is -0.179. The van der Waals surface area contributed by atoms with Crippen molar-refractivity contribution >= 4 is 0 Å². The van der Waals surface area contributed by atoms with Gasteiger partial charge in [-0.2, -0.15) is 0 Å². The monoisotopic (exact) mass is 251 g/mol. The fourth-order valence-corrected chi connectivity index (χ4v) is 2.37. The molecule has 18 heavy (non-hydrogen) atoms. The number of halogens is 1. The van der Waals surface area contributed by atoms with Crippen LogP contribution in [0.25, 0.3) is 0 Å². The summed E-state index contributed by atoms with van der Waals surface area (Å²) in [7, 11) is 0. The lowest BCUT2D eigenvalue weighted by Crippen LogP contribution is -2.27. The van der Waals surface area contributed by atoms with Crippen molar-refractivity contribution in [1.29, 1.82) is 0 Å². The molecular formula is C15H22FNO. The first kappa shape index (κ1) is 13.5. The van der Waals surface area contributed by atoms with Gasteiger partial charge in [0.25, 0.3) is 0 Å². The van der Waals surface area contributed by atoms with Crippen LogP contribution in [0.5, 0.6) is 0 Å². The van der Waals surface area contributed by atoms with E-state index >= 15 is 0 Å². The molecule has 2 nitrogen and oxygen atoms in total. The SMILES string of the molecule is CC(NCCC1CCCCO1)c1ccc(F)cc1. The molecule has 0 aliphatic carbocycles. The van der Waals surface area contributed by atoms with Gasteiger partial charge < -0.3 is 10.1 Å². The van der Waals surface area contributed by atoms with Crippen molar-refractivity contribution in [3.63, 3.8) is 0 Å². The lowest BCUT2D eigenvalue weighted by molar-refractivity contribution is 0.0112. The minimum Gasteiger partial charge on any atom is -0.378 e. The van der Waals surface area contributed by atoms with Crippen molar-refractivity contribution in [2.45, 2.75) is 44.8 Å². The molecule has 1 aromatic carbocycles. The van der Waals surface area contributed by atoms with Crippen LogP contribution in [0.4, 0.5) is 4.39 Å². The molecule has 1 N–H and O–H groups in total. The average Bonchev–Trinajstić information content (AvgIpc) is 2.40. The van der Waals surface area contributed by atoms with Gasteiger partial charge in [-0.15, -0.1) is 0 Å². The molecule has 1 fully saturated rings. The van der Waals surface area contributed by atoms with Crippen molar-refractivity contribution in [2.24, 2.45) is 0 Å². The Morgan fingerprint density at radius 3 is 2.78 bits per heavy atom. The maximum atomic E-state index is 12.8. The molecule has 0 aromatic heterocycles. The van der Waals surface area contributed by atoms with E-state index in [1.807, 2.05) is 12.1 Å². The highest BCUT2D eigenvalue weighted by Crippen LogP contribution is 2.16. The Labute approximate surface area is 109 Å². The summed E-state index contributed by atoms with van der Waals surface area (Å²) >= 11 is 0. The van der Waals surface area contributed by atoms with E-state index in [1.54, 1.807) is 0 Å². The standard InChI is InChI=1S/C15H22FNO/c1-12(13-5-7-14(16)8-6-13)17-10-9-15-4-2-3-11-18-15/h5-8,12,15,17H,2-4,9-11H2,1H3. The van der Waals surface area contributed by atoms with E-state index in [1.165, 1.54) is 31.4 Å². The van der Waals surface area contributed by atoms with Crippen LogP contribution < -0.4 is 5.32 Å². The molecule has 2 unspecified atom stereocenters. The Morgan fingerprint density at radius 2 is 2.11 bits per heavy atom. The van der Waals surface area contributed by atoms with Crippen molar-refractivity contribution in [2.75, 3.05) is 13.2 Å². The second kappa shape index (κ2) is 6.86. The van der Waals surface area contributed by atoms with Gasteiger partial charge in [-0.1, -0.05) is 12.1 Å². The zero-order valence-electron chi connectivity index (χ0n) is 11.0. The Balaban J connectivity index is 1.70. The van der Waals surface area contributed by atoms with E-state index in [0.717, 1.165) is 25.1 Å². The van der Waals surface area contributed by atoms with Gasteiger partial charge >= 0.3 is 0 Å². The third-order valence-corrected chi connectivity index (χ3v) is 3.56. The van der Waals surface area contributed by atoms with Gasteiger partial charge in [0, 0.05) is 12.6 Å². The normalized spacial score (nSPS) is 21.8. The van der Waals surface area contributed by atoms with E-state index in [4.69, 9.17) is 4.74 Å². The molecule has 2 atom stereocenters. The highest BCUT2D eigenvalue weighted by atomic mass is 19.1. The van der Waals surface area contributed by atoms with Gasteiger partial charge in [0.1, 0.15) is 5.82 Å².